The molecule has 0 fully saturated rings. The number of pyridine rings is 1. The monoisotopic (exact) mass is 338 g/mol. The number of hydrogen-bond acceptors (Lipinski definition) is 5. The summed E-state index contributed by atoms with van der Waals surface area (Å²) in [5, 5.41) is 0. The minimum atomic E-state index is -0.605. The van der Waals surface area contributed by atoms with E-state index >= 15 is 0 Å². The van der Waals surface area contributed by atoms with Crippen LogP contribution in [0, 0.1) is 0 Å². The third-order valence-electron chi connectivity index (χ3n) is 2.92. The molecule has 2 heterocycles. The first kappa shape index (κ1) is 17.3. The molecule has 0 aliphatic rings. The first-order valence-corrected chi connectivity index (χ1v) is 7.77. The van der Waals surface area contributed by atoms with Gasteiger partial charge in [-0.2, -0.15) is 0 Å². The van der Waals surface area contributed by atoms with Gasteiger partial charge in [-0.05, 0) is 39.8 Å². The van der Waals surface area contributed by atoms with Crippen LogP contribution in [-0.2, 0) is 15.4 Å². The van der Waals surface area contributed by atoms with E-state index in [1.807, 2.05) is 0 Å². The molecule has 0 saturated heterocycles. The predicted molar refractivity (Wildman–Crippen MR) is 85.9 cm³/mol. The Morgan fingerprint density at radius 3 is 2.52 bits per heavy atom. The molecule has 0 radical (unpaired) electrons. The number of imidazole rings is 1. The fourth-order valence-corrected chi connectivity index (χ4v) is 2.25. The number of nitrogens with zero attached hydrogens (tertiary/aromatic N) is 2. The minimum Gasteiger partial charge on any atom is -0.461 e. The van der Waals surface area contributed by atoms with Crippen LogP contribution in [0.3, 0.4) is 0 Å². The average molecular weight is 339 g/mol. The fourth-order valence-electron chi connectivity index (χ4n) is 2.06. The second-order valence-electron chi connectivity index (χ2n) is 5.91. The van der Waals surface area contributed by atoms with E-state index < -0.39 is 17.5 Å². The lowest BCUT2D eigenvalue weighted by atomic mass is 10.2. The molecule has 2 rings (SSSR count). The van der Waals surface area contributed by atoms with Crippen molar-refractivity contribution in [2.75, 3.05) is 6.61 Å². The van der Waals surface area contributed by atoms with Crippen LogP contribution in [0.5, 0.6) is 0 Å². The number of alkyl halides is 1. The van der Waals surface area contributed by atoms with Crippen molar-refractivity contribution in [1.82, 2.24) is 9.38 Å². The Hall–Kier alpha value is -2.08. The highest BCUT2D eigenvalue weighted by molar-refractivity contribution is 6.17. The number of aromatic nitrogens is 2. The molecule has 6 nitrogen and oxygen atoms in total. The van der Waals surface area contributed by atoms with Crippen LogP contribution in [0.2, 0.25) is 0 Å². The fraction of sp³-hybridized carbons (Fsp3) is 0.438. The number of halogens is 1. The number of esters is 2. The van der Waals surface area contributed by atoms with Crippen molar-refractivity contribution in [3.63, 3.8) is 0 Å². The third-order valence-corrected chi connectivity index (χ3v) is 3.17. The molecule has 0 spiro atoms. The van der Waals surface area contributed by atoms with Crippen molar-refractivity contribution in [2.45, 2.75) is 39.2 Å². The number of rotatable bonds is 4. The van der Waals surface area contributed by atoms with Gasteiger partial charge in [-0.3, -0.25) is 4.40 Å². The van der Waals surface area contributed by atoms with Crippen molar-refractivity contribution in [3.05, 3.63) is 35.3 Å². The van der Waals surface area contributed by atoms with E-state index in [1.54, 1.807) is 39.8 Å². The van der Waals surface area contributed by atoms with Gasteiger partial charge in [0.1, 0.15) is 11.2 Å². The van der Waals surface area contributed by atoms with Gasteiger partial charge in [-0.15, -0.1) is 11.6 Å². The Kier molecular flexibility index (Phi) is 4.94. The summed E-state index contributed by atoms with van der Waals surface area (Å²) in [6.45, 7) is 7.32. The average Bonchev–Trinajstić information content (AvgIpc) is 2.83. The molecular formula is C16H19ClN2O4. The second-order valence-corrected chi connectivity index (χ2v) is 6.18. The van der Waals surface area contributed by atoms with E-state index in [0.29, 0.717) is 16.9 Å². The molecule has 0 N–H and O–H groups in total. The molecule has 0 saturated carbocycles. The second kappa shape index (κ2) is 6.58. The van der Waals surface area contributed by atoms with Crippen LogP contribution in [0.4, 0.5) is 0 Å². The van der Waals surface area contributed by atoms with E-state index in [9.17, 15) is 9.59 Å². The number of hydrogen-bond donors (Lipinski definition) is 0. The lowest BCUT2D eigenvalue weighted by Gasteiger charge is -2.19. The maximum atomic E-state index is 12.2. The van der Waals surface area contributed by atoms with E-state index in [4.69, 9.17) is 21.1 Å². The zero-order chi connectivity index (χ0) is 17.2. The molecule has 2 aromatic heterocycles. The van der Waals surface area contributed by atoms with Crippen molar-refractivity contribution in [2.24, 2.45) is 0 Å². The molecule has 23 heavy (non-hydrogen) atoms. The Morgan fingerprint density at radius 1 is 1.26 bits per heavy atom. The third kappa shape index (κ3) is 3.82. The Morgan fingerprint density at radius 2 is 1.96 bits per heavy atom. The van der Waals surface area contributed by atoms with Gasteiger partial charge in [0.25, 0.3) is 0 Å². The van der Waals surface area contributed by atoms with Gasteiger partial charge in [0, 0.05) is 6.20 Å². The first-order chi connectivity index (χ1) is 10.8. The van der Waals surface area contributed by atoms with Gasteiger partial charge >= 0.3 is 11.9 Å². The Balaban J connectivity index is 2.51. The highest BCUT2D eigenvalue weighted by atomic mass is 35.5. The Bertz CT molecular complexity index is 746. The highest BCUT2D eigenvalue weighted by Gasteiger charge is 2.22. The molecule has 0 atom stereocenters. The van der Waals surface area contributed by atoms with Gasteiger partial charge < -0.3 is 9.47 Å². The van der Waals surface area contributed by atoms with Crippen LogP contribution in [0.15, 0.2) is 18.3 Å². The SMILES string of the molecule is CCOC(=O)c1c(CCl)nc2ccc(C(=O)OC(C)(C)C)cn12. The number of ether oxygens (including phenoxy) is 2. The summed E-state index contributed by atoms with van der Waals surface area (Å²) in [6, 6.07) is 3.24. The van der Waals surface area contributed by atoms with Crippen LogP contribution in [-0.4, -0.2) is 33.5 Å². The summed E-state index contributed by atoms with van der Waals surface area (Å²) in [5.41, 5.74) is 0.855. The maximum absolute atomic E-state index is 12.2. The van der Waals surface area contributed by atoms with E-state index in [2.05, 4.69) is 4.98 Å². The number of carbonyl (C=O) groups is 2. The molecule has 0 unspecified atom stereocenters. The molecule has 0 amide bonds. The smallest absolute Gasteiger partial charge is 0.357 e. The van der Waals surface area contributed by atoms with E-state index in [-0.39, 0.29) is 18.2 Å². The van der Waals surface area contributed by atoms with Crippen LogP contribution < -0.4 is 0 Å². The van der Waals surface area contributed by atoms with E-state index in [1.165, 1.54) is 10.6 Å². The van der Waals surface area contributed by atoms with Crippen LogP contribution >= 0.6 is 11.6 Å². The first-order valence-electron chi connectivity index (χ1n) is 7.24. The number of fused-ring (bicyclic) bond motifs is 1. The molecule has 0 bridgehead atoms. The van der Waals surface area contributed by atoms with Gasteiger partial charge in [-0.25, -0.2) is 14.6 Å². The zero-order valence-corrected chi connectivity index (χ0v) is 14.3. The molecule has 124 valence electrons. The van der Waals surface area contributed by atoms with Crippen molar-refractivity contribution in [3.8, 4) is 0 Å². The van der Waals surface area contributed by atoms with Crippen LogP contribution in [0.1, 0.15) is 54.2 Å². The summed E-state index contributed by atoms with van der Waals surface area (Å²) < 4.78 is 11.9. The summed E-state index contributed by atoms with van der Waals surface area (Å²) >= 11 is 5.86. The van der Waals surface area contributed by atoms with Crippen molar-refractivity contribution >= 4 is 29.2 Å². The molecular weight excluding hydrogens is 320 g/mol. The Labute approximate surface area is 139 Å². The largest absolute Gasteiger partial charge is 0.461 e. The molecule has 0 aliphatic carbocycles. The molecule has 0 aromatic carbocycles. The van der Waals surface area contributed by atoms with Gasteiger partial charge in [-0.1, -0.05) is 0 Å². The minimum absolute atomic E-state index is 0.0671. The standard InChI is InChI=1S/C16H19ClN2O4/c1-5-22-15(21)13-11(8-17)18-12-7-6-10(9-19(12)13)14(20)23-16(2,3)4/h6-7,9H,5,8H2,1-4H3. The molecule has 2 aromatic rings. The molecule has 0 aliphatic heterocycles. The maximum Gasteiger partial charge on any atom is 0.357 e. The molecule has 7 heteroatoms. The van der Waals surface area contributed by atoms with Crippen molar-refractivity contribution in [1.29, 1.82) is 0 Å². The van der Waals surface area contributed by atoms with Crippen molar-refractivity contribution < 1.29 is 19.1 Å². The van der Waals surface area contributed by atoms with Crippen LogP contribution in [0.25, 0.3) is 5.65 Å². The van der Waals surface area contributed by atoms with E-state index in [0.717, 1.165) is 0 Å². The lowest BCUT2D eigenvalue weighted by Crippen LogP contribution is -2.24. The predicted octanol–water partition coefficient (Wildman–Crippen LogP) is 3.21. The van der Waals surface area contributed by atoms with Gasteiger partial charge in [0.2, 0.25) is 0 Å². The topological polar surface area (TPSA) is 69.9 Å². The summed E-state index contributed by atoms with van der Waals surface area (Å²) in [7, 11) is 0. The normalized spacial score (nSPS) is 11.5. The van der Waals surface area contributed by atoms with Gasteiger partial charge in [0.15, 0.2) is 5.69 Å². The lowest BCUT2D eigenvalue weighted by molar-refractivity contribution is 0.00684. The summed E-state index contributed by atoms with van der Waals surface area (Å²) in [6.07, 6.45) is 1.51. The quantitative estimate of drug-likeness (QED) is 0.632. The van der Waals surface area contributed by atoms with Gasteiger partial charge in [0.05, 0.1) is 23.7 Å². The summed E-state index contributed by atoms with van der Waals surface area (Å²) in [4.78, 5) is 28.6. The zero-order valence-electron chi connectivity index (χ0n) is 13.6. The summed E-state index contributed by atoms with van der Waals surface area (Å²) in [5.74, 6) is -0.940. The highest BCUT2D eigenvalue weighted by Crippen LogP contribution is 2.19. The number of carbonyl (C=O) groups excluding carboxylic acids is 2.